The molecule has 3 nitrogen and oxygen atoms in total. The molecule has 0 unspecified atom stereocenters. The predicted octanol–water partition coefficient (Wildman–Crippen LogP) is 13.3. The van der Waals surface area contributed by atoms with E-state index in [0.717, 1.165) is 63.8 Å². The van der Waals surface area contributed by atoms with E-state index in [-0.39, 0.29) is 0 Å². The van der Waals surface area contributed by atoms with Gasteiger partial charge >= 0.3 is 8.60 Å². The van der Waals surface area contributed by atoms with Crippen molar-refractivity contribution >= 4 is 8.60 Å². The van der Waals surface area contributed by atoms with E-state index in [1.54, 1.807) is 0 Å². The van der Waals surface area contributed by atoms with Gasteiger partial charge in [-0.25, -0.2) is 0 Å². The molecule has 298 valence electrons. The van der Waals surface area contributed by atoms with Crippen LogP contribution in [0.5, 0.6) is 0 Å². The lowest BCUT2D eigenvalue weighted by molar-refractivity contribution is -0.0265. The van der Waals surface area contributed by atoms with Gasteiger partial charge in [-0.15, -0.1) is 0 Å². The third-order valence-electron chi connectivity index (χ3n) is 12.6. The number of hydrogen-bond acceptors (Lipinski definition) is 3. The van der Waals surface area contributed by atoms with Gasteiger partial charge in [-0.05, 0) is 50.9 Å². The summed E-state index contributed by atoms with van der Waals surface area (Å²) < 4.78 is 7.38. The second-order valence-corrected chi connectivity index (χ2v) is 16.2. The topological polar surface area (TPSA) is 49.7 Å². The second-order valence-electron chi connectivity index (χ2n) is 15.5. The number of benzene rings is 8. The molecule has 0 aliphatic heterocycles. The van der Waals surface area contributed by atoms with Gasteiger partial charge in [0.05, 0.1) is 10.8 Å². The van der Waals surface area contributed by atoms with Gasteiger partial charge in [0.1, 0.15) is 5.60 Å². The second kappa shape index (κ2) is 18.1. The van der Waals surface area contributed by atoms with E-state index in [9.17, 15) is 9.79 Å². The summed E-state index contributed by atoms with van der Waals surface area (Å²) >= 11 is 0. The molecule has 0 atom stereocenters. The smallest absolute Gasteiger partial charge is 0.328 e. The van der Waals surface area contributed by atoms with E-state index in [2.05, 4.69) is 213 Å². The van der Waals surface area contributed by atoms with Crippen molar-refractivity contribution in [2.45, 2.75) is 48.0 Å². The van der Waals surface area contributed by atoms with Crippen molar-refractivity contribution < 1.29 is 14.3 Å². The Labute approximate surface area is 356 Å². The molecule has 60 heavy (non-hydrogen) atoms. The van der Waals surface area contributed by atoms with Gasteiger partial charge in [-0.1, -0.05) is 262 Å². The molecular weight excluding hydrogens is 752 g/mol. The predicted molar refractivity (Wildman–Crippen MR) is 247 cm³/mol. The lowest BCUT2D eigenvalue weighted by atomic mass is 9.34. The first kappa shape index (κ1) is 40.8. The van der Waals surface area contributed by atoms with Gasteiger partial charge in [0, 0.05) is 5.41 Å². The normalized spacial score (nSPS) is 12.3. The third-order valence-corrected chi connectivity index (χ3v) is 13.0. The Morgan fingerprint density at radius 3 is 0.867 bits per heavy atom. The molecule has 8 rings (SSSR count). The fourth-order valence-electron chi connectivity index (χ4n) is 10.6. The zero-order chi connectivity index (χ0) is 41.3. The quantitative estimate of drug-likeness (QED) is 0.0957. The molecular formula is C56H51O3P. The Morgan fingerprint density at radius 2 is 0.600 bits per heavy atom. The van der Waals surface area contributed by atoms with Gasteiger partial charge in [0.2, 0.25) is 0 Å². The molecule has 0 saturated carbocycles. The molecule has 0 aliphatic rings. The number of rotatable bonds is 16. The average molecular weight is 803 g/mol. The average Bonchev–Trinajstić information content (AvgIpc) is 3.33. The fourth-order valence-corrected chi connectivity index (χ4v) is 11.2. The molecule has 0 radical (unpaired) electrons. The molecule has 0 aliphatic carbocycles. The molecule has 2 N–H and O–H groups in total. The van der Waals surface area contributed by atoms with Gasteiger partial charge < -0.3 is 9.79 Å². The summed E-state index contributed by atoms with van der Waals surface area (Å²) in [6.45, 7) is 2.27. The molecule has 0 amide bonds. The highest BCUT2D eigenvalue weighted by molar-refractivity contribution is 7.39. The van der Waals surface area contributed by atoms with E-state index in [4.69, 9.17) is 4.52 Å². The van der Waals surface area contributed by atoms with E-state index >= 15 is 0 Å². The monoisotopic (exact) mass is 802 g/mol. The van der Waals surface area contributed by atoms with Crippen molar-refractivity contribution in [2.75, 3.05) is 0 Å². The van der Waals surface area contributed by atoms with Crippen LogP contribution in [0.1, 0.15) is 70.7 Å². The van der Waals surface area contributed by atoms with Gasteiger partial charge in [-0.3, -0.25) is 4.52 Å². The van der Waals surface area contributed by atoms with Gasteiger partial charge in [0.25, 0.3) is 0 Å². The summed E-state index contributed by atoms with van der Waals surface area (Å²) in [7, 11) is -3.02. The maximum atomic E-state index is 11.9. The minimum absolute atomic E-state index is 0.732. The van der Waals surface area contributed by atoms with Crippen LogP contribution < -0.4 is 0 Å². The largest absolute Gasteiger partial charge is 0.328 e. The first-order valence-corrected chi connectivity index (χ1v) is 22.0. The Morgan fingerprint density at radius 1 is 0.350 bits per heavy atom. The van der Waals surface area contributed by atoms with Crippen molar-refractivity contribution in [3.05, 3.63) is 287 Å². The summed E-state index contributed by atoms with van der Waals surface area (Å²) in [4.78, 5) is 23.7. The van der Waals surface area contributed by atoms with E-state index in [1.165, 1.54) is 0 Å². The molecule has 0 fully saturated rings. The minimum Gasteiger partial charge on any atom is -0.328 e. The number of unbranched alkanes of at least 4 members (excludes halogenated alkanes) is 1. The first-order valence-electron chi connectivity index (χ1n) is 20.9. The highest BCUT2D eigenvalue weighted by atomic mass is 31.2. The fraction of sp³-hybridized carbons (Fsp3) is 0.143. The minimum atomic E-state index is -3.02. The first-order chi connectivity index (χ1) is 29.6. The lowest BCUT2D eigenvalue weighted by Crippen LogP contribution is -2.71. The molecule has 8 aromatic carbocycles. The van der Waals surface area contributed by atoms with Gasteiger partial charge in [0.15, 0.2) is 0 Å². The van der Waals surface area contributed by atoms with Crippen LogP contribution in [-0.4, -0.2) is 9.79 Å². The van der Waals surface area contributed by atoms with Crippen LogP contribution in [0, 0.1) is 0 Å². The highest BCUT2D eigenvalue weighted by Gasteiger charge is 2.75. The highest BCUT2D eigenvalue weighted by Crippen LogP contribution is 2.73. The summed E-state index contributed by atoms with van der Waals surface area (Å²) in [5, 5.41) is 0. The summed E-state index contributed by atoms with van der Waals surface area (Å²) in [5.74, 6) is 0. The Hall–Kier alpha value is -5.93. The van der Waals surface area contributed by atoms with Crippen LogP contribution in [0.3, 0.4) is 0 Å². The molecule has 0 spiro atoms. The summed E-state index contributed by atoms with van der Waals surface area (Å²) in [5.41, 5.74) is 2.74. The van der Waals surface area contributed by atoms with E-state index < -0.39 is 30.4 Å². The van der Waals surface area contributed by atoms with Crippen LogP contribution in [0.15, 0.2) is 243 Å². The van der Waals surface area contributed by atoms with Crippen molar-refractivity contribution in [3.63, 3.8) is 0 Å². The van der Waals surface area contributed by atoms with Crippen LogP contribution in [-0.2, 0) is 26.4 Å². The van der Waals surface area contributed by atoms with Crippen molar-refractivity contribution in [2.24, 2.45) is 0 Å². The van der Waals surface area contributed by atoms with Crippen molar-refractivity contribution in [1.29, 1.82) is 0 Å². The lowest BCUT2D eigenvalue weighted by Gasteiger charge is -2.67. The van der Waals surface area contributed by atoms with Crippen LogP contribution in [0.4, 0.5) is 0 Å². The van der Waals surface area contributed by atoms with Gasteiger partial charge in [-0.2, -0.15) is 0 Å². The molecule has 0 saturated heterocycles. The summed E-state index contributed by atoms with van der Waals surface area (Å²) in [6, 6.07) is 85.8. The standard InChI is InChI=1S/C56H51O3P/c1-2-3-44-53(45-28-12-4-13-29-45,46-30-14-5-15-31-46)54(47-32-16-6-17-33-47,48-34-18-7-19-35-48)55(49-36-20-8-21-37-49,50-38-22-9-23-39-50)56(59-60(57)58,51-40-24-10-25-41-51)52-42-26-11-27-43-52/h4-43,57-58H,2-3,44H2,1H3. The number of hydrogen-bond donors (Lipinski definition) is 2. The Kier molecular flexibility index (Phi) is 12.3. The molecule has 8 aromatic rings. The van der Waals surface area contributed by atoms with E-state index in [0.29, 0.717) is 0 Å². The van der Waals surface area contributed by atoms with Crippen molar-refractivity contribution in [1.82, 2.24) is 0 Å². The maximum Gasteiger partial charge on any atom is 0.328 e. The summed E-state index contributed by atoms with van der Waals surface area (Å²) in [6.07, 6.45) is 2.57. The molecule has 0 aromatic heterocycles. The molecule has 4 heteroatoms. The maximum absolute atomic E-state index is 11.9. The van der Waals surface area contributed by atoms with Crippen molar-refractivity contribution in [3.8, 4) is 0 Å². The zero-order valence-corrected chi connectivity index (χ0v) is 34.9. The van der Waals surface area contributed by atoms with Crippen LogP contribution in [0.25, 0.3) is 0 Å². The van der Waals surface area contributed by atoms with Crippen LogP contribution >= 0.6 is 8.60 Å². The Bertz CT molecular complexity index is 2340. The molecule has 0 bridgehead atoms. The molecule has 0 heterocycles. The third kappa shape index (κ3) is 6.63. The van der Waals surface area contributed by atoms with Crippen LogP contribution in [0.2, 0.25) is 0 Å². The zero-order valence-electron chi connectivity index (χ0n) is 34.0. The Balaban J connectivity index is 1.83. The SMILES string of the molecule is CCCCC(c1ccccc1)(c1ccccc1)C(c1ccccc1)(c1ccccc1)C(c1ccccc1)(c1ccccc1)C(OP(O)O)(c1ccccc1)c1ccccc1. The van der Waals surface area contributed by atoms with E-state index in [1.807, 2.05) is 36.4 Å².